The van der Waals surface area contributed by atoms with Gasteiger partial charge in [0.05, 0.1) is 11.4 Å². The lowest BCUT2D eigenvalue weighted by Crippen LogP contribution is -2.26. The van der Waals surface area contributed by atoms with Crippen molar-refractivity contribution in [2.75, 3.05) is 11.3 Å². The number of hydrogen-bond donors (Lipinski definition) is 5. The van der Waals surface area contributed by atoms with Gasteiger partial charge in [-0.1, -0.05) is 80.9 Å². The first-order valence-electron chi connectivity index (χ1n) is 13.8. The number of allylic oxidation sites excluding steroid dienone is 4. The monoisotopic (exact) mass is 637 g/mol. The molecule has 9 nitrogen and oxygen atoms in total. The Labute approximate surface area is 271 Å². The van der Waals surface area contributed by atoms with Crippen LogP contribution in [0.2, 0.25) is 0 Å². The third-order valence-corrected chi connectivity index (χ3v) is 7.54. The topological polar surface area (TPSA) is 148 Å². The molecule has 0 aliphatic carbocycles. The van der Waals surface area contributed by atoms with E-state index >= 15 is 0 Å². The molecule has 11 heteroatoms. The minimum atomic E-state index is -0.485. The van der Waals surface area contributed by atoms with Gasteiger partial charge < -0.3 is 25.9 Å². The first kappa shape index (κ1) is 38.0. The molecule has 238 valence electrons. The van der Waals surface area contributed by atoms with E-state index in [1.807, 2.05) is 63.7 Å². The van der Waals surface area contributed by atoms with Crippen LogP contribution in [-0.2, 0) is 7.05 Å². The van der Waals surface area contributed by atoms with Crippen LogP contribution in [0.25, 0.3) is 0 Å². The summed E-state index contributed by atoms with van der Waals surface area (Å²) >= 11 is 3.14. The predicted molar refractivity (Wildman–Crippen MR) is 188 cm³/mol. The van der Waals surface area contributed by atoms with Crippen molar-refractivity contribution in [3.05, 3.63) is 120 Å². The van der Waals surface area contributed by atoms with E-state index in [0.29, 0.717) is 16.9 Å². The summed E-state index contributed by atoms with van der Waals surface area (Å²) in [6.45, 7) is 12.4. The van der Waals surface area contributed by atoms with Crippen molar-refractivity contribution in [1.82, 2.24) is 14.3 Å². The van der Waals surface area contributed by atoms with Crippen molar-refractivity contribution in [3.63, 3.8) is 0 Å². The zero-order valence-corrected chi connectivity index (χ0v) is 28.5. The average Bonchev–Trinajstić information content (AvgIpc) is 3.29. The van der Waals surface area contributed by atoms with Crippen LogP contribution in [-0.4, -0.2) is 26.8 Å². The number of benzene rings is 2. The van der Waals surface area contributed by atoms with Gasteiger partial charge in [-0.15, -0.1) is 0 Å². The predicted octanol–water partition coefficient (Wildman–Crippen LogP) is 6.89. The van der Waals surface area contributed by atoms with Crippen LogP contribution in [0.5, 0.6) is 0 Å². The zero-order chi connectivity index (χ0) is 33.3. The number of carbonyl (C=O) groups excluding carboxylic acids is 1. The molecule has 1 aromatic heterocycles. The van der Waals surface area contributed by atoms with E-state index < -0.39 is 5.91 Å². The summed E-state index contributed by atoms with van der Waals surface area (Å²) in [5, 5.41) is 11.4. The van der Waals surface area contributed by atoms with Gasteiger partial charge in [-0.3, -0.25) is 9.80 Å². The Kier molecular flexibility index (Phi) is 16.6. The van der Waals surface area contributed by atoms with Gasteiger partial charge in [-0.05, 0) is 67.7 Å². The number of aliphatic hydroxyl groups excluding tert-OH is 1. The van der Waals surface area contributed by atoms with Crippen molar-refractivity contribution >= 4 is 35.3 Å². The maximum atomic E-state index is 11.0. The summed E-state index contributed by atoms with van der Waals surface area (Å²) in [6, 6.07) is 15.3. The summed E-state index contributed by atoms with van der Waals surface area (Å²) in [7, 11) is 2.04. The molecule has 0 spiro atoms. The Hall–Kier alpha value is -4.06. The van der Waals surface area contributed by atoms with E-state index in [1.54, 1.807) is 30.0 Å². The number of nitrogens with one attached hydrogen (secondary N) is 1. The third-order valence-electron chi connectivity index (χ3n) is 6.03. The van der Waals surface area contributed by atoms with Gasteiger partial charge in [0.1, 0.15) is 6.26 Å². The minimum absolute atomic E-state index is 0.0703. The number of hydrogen-bond acceptors (Lipinski definition) is 9. The number of aryl methyl sites for hydroxylation is 2. The molecule has 0 unspecified atom stereocenters. The van der Waals surface area contributed by atoms with Crippen LogP contribution in [0.3, 0.4) is 0 Å². The zero-order valence-electron chi connectivity index (χ0n) is 26.9. The molecule has 0 saturated heterocycles. The normalized spacial score (nSPS) is 11.9. The number of nitrogens with zero attached hydrogens (tertiary/aromatic N) is 3. The van der Waals surface area contributed by atoms with Crippen LogP contribution in [0.1, 0.15) is 49.3 Å². The first-order chi connectivity index (χ1) is 20.8. The summed E-state index contributed by atoms with van der Waals surface area (Å²) < 4.78 is 5.11. The number of rotatable bonds is 9. The number of primary amides is 1. The third kappa shape index (κ3) is 13.1. The molecule has 8 N–H and O–H groups in total. The highest BCUT2D eigenvalue weighted by molar-refractivity contribution is 7.99. The molecule has 3 aromatic rings. The summed E-state index contributed by atoms with van der Waals surface area (Å²) in [4.78, 5) is 16.5. The maximum absolute atomic E-state index is 11.0. The van der Waals surface area contributed by atoms with E-state index in [4.69, 9.17) is 22.4 Å². The second kappa shape index (κ2) is 19.3. The van der Waals surface area contributed by atoms with Gasteiger partial charge in [0.25, 0.3) is 0 Å². The number of imidazole rings is 1. The van der Waals surface area contributed by atoms with Crippen molar-refractivity contribution in [3.8, 4) is 0 Å². The Bertz CT molecular complexity index is 1440. The molecule has 1 amide bonds. The smallest absolute Gasteiger partial charge is 0.248 e. The molecule has 0 saturated carbocycles. The Balaban J connectivity index is 0.000000330. The van der Waals surface area contributed by atoms with E-state index in [-0.39, 0.29) is 5.41 Å². The minimum Gasteiger partial charge on any atom is -0.513 e. The van der Waals surface area contributed by atoms with E-state index in [0.717, 1.165) is 17.0 Å². The fourth-order valence-corrected chi connectivity index (χ4v) is 4.69. The molecule has 1 heterocycles. The molecule has 0 bridgehead atoms. The fourth-order valence-electron chi connectivity index (χ4n) is 3.45. The van der Waals surface area contributed by atoms with Crippen LogP contribution in [0.4, 0.5) is 5.69 Å². The van der Waals surface area contributed by atoms with Gasteiger partial charge in [0.2, 0.25) is 5.91 Å². The standard InChI is InChI=1S/C12H21NOS.C11H12N2S.C10H14N4O/c1-6-7-10(12(2,3)4)8-11(9-14)13-15-5;1-9-8-12-11(13(9)2)14-10-6-4-3-5-7-10;1-7-2-3-8(10(12)15)6-9(7)14(13)5-4-11/h6-9,13-14H,1-5H3;3-8H,1-2H3;2-6H,11,13H2,1H3,(H2,12,15)/b7-6-,10-8+,11-9-;;5-4-. The lowest BCUT2D eigenvalue weighted by Gasteiger charge is -2.20. The lowest BCUT2D eigenvalue weighted by atomic mass is 9.85. The van der Waals surface area contributed by atoms with Crippen LogP contribution in [0.15, 0.2) is 113 Å². The SMILES string of the molecule is C\C=C/C(=C\C(=C\O)NSC)C(C)(C)C.Cc1ccc(C(N)=O)cc1N(N)/C=C\N.Cc1cnc(Sc2ccccc2)n1C. The van der Waals surface area contributed by atoms with Crippen LogP contribution < -0.4 is 27.0 Å². The van der Waals surface area contributed by atoms with Gasteiger partial charge in [-0.2, -0.15) is 0 Å². The largest absolute Gasteiger partial charge is 0.513 e. The lowest BCUT2D eigenvalue weighted by molar-refractivity contribution is 0.100. The van der Waals surface area contributed by atoms with E-state index in [1.165, 1.54) is 45.5 Å². The second-order valence-electron chi connectivity index (χ2n) is 10.5. The molecule has 0 aliphatic heterocycles. The maximum Gasteiger partial charge on any atom is 0.248 e. The van der Waals surface area contributed by atoms with Gasteiger partial charge in [0, 0.05) is 48.1 Å². The Morgan fingerprint density at radius 1 is 1.14 bits per heavy atom. The van der Waals surface area contributed by atoms with Crippen molar-refractivity contribution in [2.45, 2.75) is 51.6 Å². The highest BCUT2D eigenvalue weighted by Crippen LogP contribution is 2.27. The molecular formula is C33H47N7O2S2. The molecule has 0 radical (unpaired) electrons. The number of anilines is 1. The Morgan fingerprint density at radius 2 is 1.80 bits per heavy atom. The average molecular weight is 638 g/mol. The molecule has 3 rings (SSSR count). The number of aromatic nitrogens is 2. The van der Waals surface area contributed by atoms with Gasteiger partial charge >= 0.3 is 0 Å². The van der Waals surface area contributed by atoms with E-state index in [2.05, 4.69) is 60.2 Å². The Morgan fingerprint density at radius 3 is 2.27 bits per heavy atom. The van der Waals surface area contributed by atoms with E-state index in [9.17, 15) is 4.79 Å². The number of carbonyl (C=O) groups is 1. The number of aliphatic hydroxyl groups is 1. The quantitative estimate of drug-likeness (QED) is 0.0556. The molecule has 44 heavy (non-hydrogen) atoms. The van der Waals surface area contributed by atoms with Gasteiger partial charge in [0.15, 0.2) is 5.16 Å². The summed E-state index contributed by atoms with van der Waals surface area (Å²) in [5.74, 6) is 5.20. The highest BCUT2D eigenvalue weighted by Gasteiger charge is 2.14. The number of amides is 1. The molecule has 0 aliphatic rings. The van der Waals surface area contributed by atoms with Crippen LogP contribution in [0, 0.1) is 19.3 Å². The number of hydrazine groups is 1. The summed E-state index contributed by atoms with van der Waals surface area (Å²) in [6.07, 6.45) is 13.7. The number of nitrogens with two attached hydrogens (primary N) is 3. The van der Waals surface area contributed by atoms with Crippen molar-refractivity contribution in [2.24, 2.45) is 29.8 Å². The van der Waals surface area contributed by atoms with Gasteiger partial charge in [-0.25, -0.2) is 10.8 Å². The molecule has 0 atom stereocenters. The molecule has 2 aromatic carbocycles. The van der Waals surface area contributed by atoms with Crippen molar-refractivity contribution in [1.29, 1.82) is 0 Å². The fraction of sp³-hybridized carbons (Fsp3) is 0.273. The van der Waals surface area contributed by atoms with Crippen LogP contribution >= 0.6 is 23.7 Å². The molecule has 0 fully saturated rings. The summed E-state index contributed by atoms with van der Waals surface area (Å²) in [5.41, 5.74) is 15.6. The second-order valence-corrected chi connectivity index (χ2v) is 12.2. The van der Waals surface area contributed by atoms with Crippen molar-refractivity contribution < 1.29 is 9.90 Å². The highest BCUT2D eigenvalue weighted by atomic mass is 32.2. The molecular weight excluding hydrogens is 591 g/mol. The first-order valence-corrected chi connectivity index (χ1v) is 15.8.